The number of halogens is 2. The predicted octanol–water partition coefficient (Wildman–Crippen LogP) is 4.19. The molecule has 0 aromatic heterocycles. The Morgan fingerprint density at radius 3 is 2.67 bits per heavy atom. The lowest BCUT2D eigenvalue weighted by Crippen LogP contribution is -1.96. The lowest BCUT2D eigenvalue weighted by atomic mass is 10.2. The van der Waals surface area contributed by atoms with E-state index in [1.807, 2.05) is 0 Å². The van der Waals surface area contributed by atoms with Gasteiger partial charge < -0.3 is 5.11 Å². The third kappa shape index (κ3) is 3.70. The van der Waals surface area contributed by atoms with Crippen LogP contribution in [0.4, 0.5) is 10.1 Å². The molecule has 0 heterocycles. The molecule has 2 rings (SSSR count). The van der Waals surface area contributed by atoms with Crippen molar-refractivity contribution in [3.63, 3.8) is 0 Å². The van der Waals surface area contributed by atoms with Crippen LogP contribution in [0.15, 0.2) is 46.2 Å². The summed E-state index contributed by atoms with van der Waals surface area (Å²) in [7, 11) is 0. The Labute approximate surface area is 136 Å². The van der Waals surface area contributed by atoms with Gasteiger partial charge in [-0.1, -0.05) is 17.8 Å². The van der Waals surface area contributed by atoms with Gasteiger partial charge in [-0.15, -0.1) is 0 Å². The maximum atomic E-state index is 13.6. The zero-order chi connectivity index (χ0) is 15.6. The van der Waals surface area contributed by atoms with Gasteiger partial charge in [0, 0.05) is 11.0 Å². The average molecular weight is 419 g/mol. The molecule has 0 aliphatic rings. The van der Waals surface area contributed by atoms with Gasteiger partial charge in [-0.05, 0) is 46.9 Å². The number of nitrogens with zero attached hydrogens (tertiary/aromatic N) is 1. The molecule has 2 aromatic carbocycles. The van der Waals surface area contributed by atoms with Gasteiger partial charge in [0.2, 0.25) is 0 Å². The fraction of sp³-hybridized carbons (Fsp3) is 0. The van der Waals surface area contributed by atoms with Crippen LogP contribution in [0.3, 0.4) is 0 Å². The van der Waals surface area contributed by atoms with Crippen molar-refractivity contribution in [3.05, 3.63) is 61.5 Å². The number of carboxylic acid groups (broad SMARTS) is 1. The zero-order valence-corrected chi connectivity index (χ0v) is 13.2. The first-order valence-corrected chi connectivity index (χ1v) is 7.42. The van der Waals surface area contributed by atoms with Crippen molar-refractivity contribution in [1.29, 1.82) is 0 Å². The summed E-state index contributed by atoms with van der Waals surface area (Å²) in [5.74, 6) is -1.65. The Morgan fingerprint density at radius 1 is 1.33 bits per heavy atom. The van der Waals surface area contributed by atoms with E-state index < -0.39 is 16.7 Å². The minimum Gasteiger partial charge on any atom is -0.478 e. The number of nitro benzene ring substituents is 1. The van der Waals surface area contributed by atoms with Gasteiger partial charge in [0.1, 0.15) is 5.82 Å². The van der Waals surface area contributed by atoms with E-state index in [9.17, 15) is 19.3 Å². The highest BCUT2D eigenvalue weighted by Gasteiger charge is 2.19. The number of rotatable bonds is 4. The van der Waals surface area contributed by atoms with Crippen LogP contribution < -0.4 is 0 Å². The second-order valence-corrected chi connectivity index (χ2v) is 6.20. The van der Waals surface area contributed by atoms with E-state index in [1.54, 1.807) is 28.7 Å². The van der Waals surface area contributed by atoms with Crippen LogP contribution in [-0.4, -0.2) is 16.0 Å². The second-order valence-electron chi connectivity index (χ2n) is 3.93. The summed E-state index contributed by atoms with van der Waals surface area (Å²) in [6, 6.07) is 8.16. The van der Waals surface area contributed by atoms with Gasteiger partial charge in [-0.3, -0.25) is 10.1 Å². The molecule has 2 aromatic rings. The maximum absolute atomic E-state index is 13.6. The number of carbonyl (C=O) groups is 1. The van der Waals surface area contributed by atoms with Gasteiger partial charge in [0.25, 0.3) is 5.69 Å². The topological polar surface area (TPSA) is 80.4 Å². The number of hydrogen-bond donors (Lipinski definition) is 1. The lowest BCUT2D eigenvalue weighted by Gasteiger charge is -2.05. The molecular formula is C13H7FINO4S. The second kappa shape index (κ2) is 6.39. The first-order valence-electron chi connectivity index (χ1n) is 5.53. The van der Waals surface area contributed by atoms with Gasteiger partial charge >= 0.3 is 5.97 Å². The highest BCUT2D eigenvalue weighted by atomic mass is 127. The van der Waals surface area contributed by atoms with Crippen molar-refractivity contribution in [2.24, 2.45) is 0 Å². The summed E-state index contributed by atoms with van der Waals surface area (Å²) in [5.41, 5.74) is -0.153. The first kappa shape index (κ1) is 15.7. The molecule has 21 heavy (non-hydrogen) atoms. The van der Waals surface area contributed by atoms with E-state index in [2.05, 4.69) is 0 Å². The monoisotopic (exact) mass is 419 g/mol. The lowest BCUT2D eigenvalue weighted by molar-refractivity contribution is -0.387. The molecule has 0 saturated heterocycles. The van der Waals surface area contributed by atoms with Crippen molar-refractivity contribution < 1.29 is 19.2 Å². The number of benzene rings is 2. The van der Waals surface area contributed by atoms with Gasteiger partial charge in [0.05, 0.1) is 19.0 Å². The van der Waals surface area contributed by atoms with Crippen molar-refractivity contribution in [2.75, 3.05) is 0 Å². The molecule has 0 aliphatic carbocycles. The summed E-state index contributed by atoms with van der Waals surface area (Å²) >= 11 is 2.63. The number of nitro groups is 1. The average Bonchev–Trinajstić information content (AvgIpc) is 2.42. The molecule has 0 fully saturated rings. The fourth-order valence-electron chi connectivity index (χ4n) is 1.56. The summed E-state index contributed by atoms with van der Waals surface area (Å²) in [6.45, 7) is 0. The first-order chi connectivity index (χ1) is 9.88. The summed E-state index contributed by atoms with van der Waals surface area (Å²) in [6.07, 6.45) is 0. The fourth-order valence-corrected chi connectivity index (χ4v) is 3.00. The Balaban J connectivity index is 2.43. The normalized spacial score (nSPS) is 10.4. The number of carboxylic acids is 1. The van der Waals surface area contributed by atoms with Crippen molar-refractivity contribution >= 4 is 46.0 Å². The SMILES string of the molecule is O=C(O)c1cccc(Sc2cc(F)c(I)cc2[N+](=O)[O-])c1. The van der Waals surface area contributed by atoms with Crippen LogP contribution >= 0.6 is 34.4 Å². The summed E-state index contributed by atoms with van der Waals surface area (Å²) in [4.78, 5) is 21.9. The van der Waals surface area contributed by atoms with E-state index in [0.29, 0.717) is 4.90 Å². The largest absolute Gasteiger partial charge is 0.478 e. The van der Waals surface area contributed by atoms with Crippen LogP contribution in [0.5, 0.6) is 0 Å². The Kier molecular flexibility index (Phi) is 4.78. The molecule has 8 heteroatoms. The van der Waals surface area contributed by atoms with Crippen molar-refractivity contribution in [2.45, 2.75) is 9.79 Å². The molecule has 0 unspecified atom stereocenters. The van der Waals surface area contributed by atoms with Gasteiger partial charge in [-0.2, -0.15) is 0 Å². The summed E-state index contributed by atoms with van der Waals surface area (Å²) < 4.78 is 13.8. The smallest absolute Gasteiger partial charge is 0.335 e. The molecule has 0 atom stereocenters. The van der Waals surface area contributed by atoms with Crippen molar-refractivity contribution in [1.82, 2.24) is 0 Å². The molecule has 0 spiro atoms. The highest BCUT2D eigenvalue weighted by Crippen LogP contribution is 2.37. The predicted molar refractivity (Wildman–Crippen MR) is 83.3 cm³/mol. The molecule has 0 aliphatic heterocycles. The van der Waals surface area contributed by atoms with Crippen LogP contribution in [0, 0.1) is 19.5 Å². The van der Waals surface area contributed by atoms with E-state index >= 15 is 0 Å². The standard InChI is InChI=1S/C13H7FINO4S/c14-9-5-12(11(16(19)20)6-10(9)15)21-8-3-1-2-7(4-8)13(17)18/h1-6H,(H,17,18). The van der Waals surface area contributed by atoms with Crippen LogP contribution in [0.1, 0.15) is 10.4 Å². The third-order valence-electron chi connectivity index (χ3n) is 2.51. The Hall–Kier alpha value is -1.68. The molecule has 0 bridgehead atoms. The Bertz CT molecular complexity index is 738. The molecule has 5 nitrogen and oxygen atoms in total. The quantitative estimate of drug-likeness (QED) is 0.457. The Morgan fingerprint density at radius 2 is 2.05 bits per heavy atom. The van der Waals surface area contributed by atoms with Crippen molar-refractivity contribution in [3.8, 4) is 0 Å². The number of hydrogen-bond acceptors (Lipinski definition) is 4. The molecular weight excluding hydrogens is 412 g/mol. The minimum atomic E-state index is -1.10. The molecule has 1 N–H and O–H groups in total. The van der Waals surface area contributed by atoms with E-state index in [1.165, 1.54) is 18.2 Å². The molecule has 0 radical (unpaired) electrons. The van der Waals surface area contributed by atoms with Gasteiger partial charge in [-0.25, -0.2) is 9.18 Å². The number of aromatic carboxylic acids is 1. The van der Waals surface area contributed by atoms with E-state index in [4.69, 9.17) is 5.11 Å². The maximum Gasteiger partial charge on any atom is 0.335 e. The van der Waals surface area contributed by atoms with E-state index in [0.717, 1.165) is 23.9 Å². The molecule has 0 saturated carbocycles. The zero-order valence-electron chi connectivity index (χ0n) is 10.2. The highest BCUT2D eigenvalue weighted by molar-refractivity contribution is 14.1. The van der Waals surface area contributed by atoms with Crippen LogP contribution in [-0.2, 0) is 0 Å². The van der Waals surface area contributed by atoms with Crippen LogP contribution in [0.25, 0.3) is 0 Å². The van der Waals surface area contributed by atoms with Crippen LogP contribution in [0.2, 0.25) is 0 Å². The molecule has 108 valence electrons. The van der Waals surface area contributed by atoms with E-state index in [-0.39, 0.29) is 19.7 Å². The minimum absolute atomic E-state index is 0.0636. The van der Waals surface area contributed by atoms with Gasteiger partial charge in [0.15, 0.2) is 0 Å². The molecule has 0 amide bonds. The third-order valence-corrected chi connectivity index (χ3v) is 4.37. The summed E-state index contributed by atoms with van der Waals surface area (Å²) in [5, 5.41) is 19.9.